The number of ether oxygens (including phenoxy) is 1. The van der Waals surface area contributed by atoms with Crippen LogP contribution in [-0.4, -0.2) is 24.8 Å². The van der Waals surface area contributed by atoms with E-state index in [2.05, 4.69) is 11.9 Å². The van der Waals surface area contributed by atoms with Crippen molar-refractivity contribution in [3.8, 4) is 6.07 Å². The summed E-state index contributed by atoms with van der Waals surface area (Å²) in [5.74, 6) is -0.812. The predicted octanol–water partition coefficient (Wildman–Crippen LogP) is 2.34. The Bertz CT molecular complexity index is 320. The maximum absolute atomic E-state index is 11.4. The lowest BCUT2D eigenvalue weighted by atomic mass is 9.86. The standard InChI is InChI=1S/C13H20N2O2/c1-3-17-13(16)11(8-14)9-15-12-7-5-4-6-10(12)2/h9-12H,3-7H2,1-2H3/t10-,11-,12+/m1/s1. The van der Waals surface area contributed by atoms with Crippen molar-refractivity contribution < 1.29 is 9.53 Å². The number of nitriles is 1. The van der Waals surface area contributed by atoms with Gasteiger partial charge in [-0.3, -0.25) is 9.79 Å². The number of carbonyl (C=O) groups is 1. The number of rotatable bonds is 4. The second-order valence-corrected chi connectivity index (χ2v) is 4.49. The lowest BCUT2D eigenvalue weighted by Crippen LogP contribution is -2.23. The van der Waals surface area contributed by atoms with Crippen LogP contribution in [0.2, 0.25) is 0 Å². The van der Waals surface area contributed by atoms with Crippen molar-refractivity contribution in [1.29, 1.82) is 5.26 Å². The lowest BCUT2D eigenvalue weighted by Gasteiger charge is -2.25. The summed E-state index contributed by atoms with van der Waals surface area (Å²) in [5.41, 5.74) is 0. The van der Waals surface area contributed by atoms with E-state index in [-0.39, 0.29) is 6.04 Å². The first kappa shape index (κ1) is 13.7. The monoisotopic (exact) mass is 236 g/mol. The SMILES string of the molecule is CCOC(=O)[C@H](C#N)C=N[C@H]1CCCC[C@H]1C. The van der Waals surface area contributed by atoms with Crippen LogP contribution >= 0.6 is 0 Å². The van der Waals surface area contributed by atoms with Crippen molar-refractivity contribution in [3.05, 3.63) is 0 Å². The normalized spacial score (nSPS) is 26.4. The molecule has 1 rings (SSSR count). The number of nitrogens with zero attached hydrogens (tertiary/aromatic N) is 2. The fraction of sp³-hybridized carbons (Fsp3) is 0.769. The van der Waals surface area contributed by atoms with Crippen LogP contribution in [0.5, 0.6) is 0 Å². The summed E-state index contributed by atoms with van der Waals surface area (Å²) in [7, 11) is 0. The van der Waals surface area contributed by atoms with Crippen molar-refractivity contribution in [2.75, 3.05) is 6.61 Å². The maximum Gasteiger partial charge on any atom is 0.328 e. The number of aliphatic imine (C=N–C) groups is 1. The van der Waals surface area contributed by atoms with Crippen LogP contribution in [0.15, 0.2) is 4.99 Å². The summed E-state index contributed by atoms with van der Waals surface area (Å²) < 4.78 is 4.81. The van der Waals surface area contributed by atoms with Crippen LogP contribution < -0.4 is 0 Å². The van der Waals surface area contributed by atoms with Gasteiger partial charge in [0.1, 0.15) is 0 Å². The lowest BCUT2D eigenvalue weighted by molar-refractivity contribution is -0.143. The molecule has 0 aromatic heterocycles. The molecule has 4 nitrogen and oxygen atoms in total. The molecule has 4 heteroatoms. The topological polar surface area (TPSA) is 62.5 Å². The van der Waals surface area contributed by atoms with Gasteiger partial charge in [-0.15, -0.1) is 0 Å². The molecule has 0 spiro atoms. The molecule has 1 aliphatic carbocycles. The summed E-state index contributed by atoms with van der Waals surface area (Å²) in [4.78, 5) is 15.8. The van der Waals surface area contributed by atoms with Gasteiger partial charge in [0.15, 0.2) is 5.92 Å². The first-order valence-electron chi connectivity index (χ1n) is 6.28. The van der Waals surface area contributed by atoms with Crippen molar-refractivity contribution >= 4 is 12.2 Å². The van der Waals surface area contributed by atoms with Crippen molar-refractivity contribution in [2.24, 2.45) is 16.8 Å². The van der Waals surface area contributed by atoms with Crippen LogP contribution in [0, 0.1) is 23.2 Å². The minimum Gasteiger partial charge on any atom is -0.465 e. The molecule has 94 valence electrons. The number of hydrogen-bond donors (Lipinski definition) is 0. The van der Waals surface area contributed by atoms with E-state index in [1.165, 1.54) is 25.5 Å². The van der Waals surface area contributed by atoms with E-state index in [9.17, 15) is 4.79 Å². The van der Waals surface area contributed by atoms with Gasteiger partial charge >= 0.3 is 5.97 Å². The fourth-order valence-corrected chi connectivity index (χ4v) is 2.09. The van der Waals surface area contributed by atoms with Gasteiger partial charge in [-0.05, 0) is 25.7 Å². The molecule has 0 saturated heterocycles. The molecule has 17 heavy (non-hydrogen) atoms. The highest BCUT2D eigenvalue weighted by Crippen LogP contribution is 2.26. The van der Waals surface area contributed by atoms with Gasteiger partial charge in [-0.1, -0.05) is 19.8 Å². The van der Waals surface area contributed by atoms with Crippen molar-refractivity contribution in [3.63, 3.8) is 0 Å². The zero-order valence-corrected chi connectivity index (χ0v) is 10.6. The maximum atomic E-state index is 11.4. The highest BCUT2D eigenvalue weighted by Gasteiger charge is 2.22. The largest absolute Gasteiger partial charge is 0.465 e. The Morgan fingerprint density at radius 1 is 1.59 bits per heavy atom. The second-order valence-electron chi connectivity index (χ2n) is 4.49. The molecular formula is C13H20N2O2. The third-order valence-electron chi connectivity index (χ3n) is 3.17. The van der Waals surface area contributed by atoms with Crippen molar-refractivity contribution in [1.82, 2.24) is 0 Å². The summed E-state index contributed by atoms with van der Waals surface area (Å²) in [6.07, 6.45) is 6.14. The summed E-state index contributed by atoms with van der Waals surface area (Å²) >= 11 is 0. The Morgan fingerprint density at radius 3 is 2.88 bits per heavy atom. The third-order valence-corrected chi connectivity index (χ3v) is 3.17. The Balaban J connectivity index is 2.55. The number of carbonyl (C=O) groups excluding carboxylic acids is 1. The molecule has 0 aliphatic heterocycles. The van der Waals surface area contributed by atoms with Gasteiger partial charge in [-0.2, -0.15) is 5.26 Å². The Morgan fingerprint density at radius 2 is 2.29 bits per heavy atom. The predicted molar refractivity (Wildman–Crippen MR) is 65.6 cm³/mol. The summed E-state index contributed by atoms with van der Waals surface area (Å²) in [6.45, 7) is 4.20. The number of hydrogen-bond acceptors (Lipinski definition) is 4. The zero-order valence-electron chi connectivity index (χ0n) is 10.6. The molecule has 0 bridgehead atoms. The van der Waals surface area contributed by atoms with Crippen LogP contribution in [0.25, 0.3) is 0 Å². The van der Waals surface area contributed by atoms with Gasteiger partial charge in [0.2, 0.25) is 0 Å². The highest BCUT2D eigenvalue weighted by molar-refractivity contribution is 5.92. The summed E-state index contributed by atoms with van der Waals surface area (Å²) in [5, 5.41) is 8.88. The van der Waals surface area contributed by atoms with E-state index in [0.29, 0.717) is 12.5 Å². The Kier molecular flexibility index (Phi) is 5.68. The minimum atomic E-state index is -0.857. The molecule has 1 saturated carbocycles. The smallest absolute Gasteiger partial charge is 0.328 e. The molecule has 0 unspecified atom stereocenters. The molecule has 0 amide bonds. The molecule has 0 heterocycles. The molecule has 3 atom stereocenters. The second kappa shape index (κ2) is 7.05. The van der Waals surface area contributed by atoms with Crippen molar-refractivity contribution in [2.45, 2.75) is 45.6 Å². The molecule has 0 aromatic rings. The van der Waals surface area contributed by atoms with Crippen LogP contribution in [-0.2, 0) is 9.53 Å². The van der Waals surface area contributed by atoms with Gasteiger partial charge < -0.3 is 4.74 Å². The van der Waals surface area contributed by atoms with E-state index in [0.717, 1.165) is 6.42 Å². The number of esters is 1. The van der Waals surface area contributed by atoms with Gasteiger partial charge in [-0.25, -0.2) is 0 Å². The van der Waals surface area contributed by atoms with Crippen LogP contribution in [0.3, 0.4) is 0 Å². The molecule has 0 aromatic carbocycles. The Labute approximate surface area is 103 Å². The van der Waals surface area contributed by atoms with E-state index in [1.807, 2.05) is 6.07 Å². The molecular weight excluding hydrogens is 216 g/mol. The Hall–Kier alpha value is -1.37. The molecule has 1 aliphatic rings. The zero-order chi connectivity index (χ0) is 12.7. The summed E-state index contributed by atoms with van der Waals surface area (Å²) in [6, 6.07) is 2.18. The average Bonchev–Trinajstić information content (AvgIpc) is 2.32. The van der Waals surface area contributed by atoms with Crippen LogP contribution in [0.4, 0.5) is 0 Å². The van der Waals surface area contributed by atoms with Gasteiger partial charge in [0.05, 0.1) is 18.7 Å². The first-order valence-corrected chi connectivity index (χ1v) is 6.28. The molecule has 0 N–H and O–H groups in total. The van der Waals surface area contributed by atoms with Crippen LogP contribution in [0.1, 0.15) is 39.5 Å². The highest BCUT2D eigenvalue weighted by atomic mass is 16.5. The fourth-order valence-electron chi connectivity index (χ4n) is 2.09. The molecule has 0 radical (unpaired) electrons. The van der Waals surface area contributed by atoms with E-state index < -0.39 is 11.9 Å². The molecule has 1 fully saturated rings. The third kappa shape index (κ3) is 4.18. The minimum absolute atomic E-state index is 0.258. The van der Waals surface area contributed by atoms with E-state index in [1.54, 1.807) is 6.92 Å². The first-order chi connectivity index (χ1) is 8.19. The average molecular weight is 236 g/mol. The van der Waals surface area contributed by atoms with E-state index >= 15 is 0 Å². The van der Waals surface area contributed by atoms with E-state index in [4.69, 9.17) is 10.00 Å². The quantitative estimate of drug-likeness (QED) is 0.556. The van der Waals surface area contributed by atoms with Gasteiger partial charge in [0.25, 0.3) is 0 Å². The van der Waals surface area contributed by atoms with Gasteiger partial charge in [0, 0.05) is 6.21 Å².